The minimum atomic E-state index is -0.701. The summed E-state index contributed by atoms with van der Waals surface area (Å²) < 4.78 is 11.6. The van der Waals surface area contributed by atoms with Crippen LogP contribution in [0.2, 0.25) is 10.0 Å². The number of fused-ring (bicyclic) bond motifs is 1. The number of likely N-dealkylation sites (N-methyl/N-ethyl adjacent to an activating group) is 1. The molecule has 3 aliphatic rings. The highest BCUT2D eigenvalue weighted by Crippen LogP contribution is 2.39. The third kappa shape index (κ3) is 5.06. The van der Waals surface area contributed by atoms with Crippen LogP contribution in [0.4, 0.5) is 4.79 Å². The SMILES string of the molecule is CCN1C(=O)N[C@@H](c2ccc(Cl)cc2Cl)C2=C1CN(CCC(=O)NC[C@H]1COc3ccccc3O1)C2=O. The molecule has 3 aliphatic heterocycles. The second-order valence-electron chi connectivity index (χ2n) is 8.93. The lowest BCUT2D eigenvalue weighted by atomic mass is 9.95. The lowest BCUT2D eigenvalue weighted by Gasteiger charge is -2.33. The summed E-state index contributed by atoms with van der Waals surface area (Å²) in [6.07, 6.45) is -0.197. The van der Waals surface area contributed by atoms with Gasteiger partial charge in [0.15, 0.2) is 11.5 Å². The van der Waals surface area contributed by atoms with Crippen molar-refractivity contribution in [2.75, 3.05) is 32.8 Å². The first-order chi connectivity index (χ1) is 17.9. The number of rotatable bonds is 7. The Morgan fingerprint density at radius 3 is 2.70 bits per heavy atom. The Morgan fingerprint density at radius 1 is 1.16 bits per heavy atom. The molecule has 2 aromatic carbocycles. The largest absolute Gasteiger partial charge is 0.486 e. The molecular weight excluding hydrogens is 519 g/mol. The fraction of sp³-hybridized carbons (Fsp3) is 0.346. The standard InChI is InChI=1S/C26H26Cl2N4O5/c1-2-32-19-13-31(10-9-22(33)29-12-16-14-36-20-5-3-4-6-21(20)37-16)25(34)23(19)24(30-26(32)35)17-8-7-15(27)11-18(17)28/h3-8,11,16,24H,2,9-10,12-14H2,1H3,(H,29,33)(H,30,35)/t16-,24-/m0/s1. The number of carbonyl (C=O) groups is 3. The van der Waals surface area contributed by atoms with E-state index in [2.05, 4.69) is 10.6 Å². The van der Waals surface area contributed by atoms with Gasteiger partial charge in [-0.05, 0) is 36.8 Å². The Kier molecular flexibility index (Phi) is 7.17. The summed E-state index contributed by atoms with van der Waals surface area (Å²) >= 11 is 12.5. The second kappa shape index (κ2) is 10.5. The Bertz CT molecular complexity index is 1280. The molecule has 11 heteroatoms. The van der Waals surface area contributed by atoms with Gasteiger partial charge in [-0.3, -0.25) is 14.5 Å². The monoisotopic (exact) mass is 544 g/mol. The number of ether oxygens (including phenoxy) is 2. The molecule has 0 bridgehead atoms. The van der Waals surface area contributed by atoms with E-state index in [1.165, 1.54) is 0 Å². The molecule has 37 heavy (non-hydrogen) atoms. The fourth-order valence-corrected chi connectivity index (χ4v) is 5.27. The number of halogens is 2. The molecule has 0 aliphatic carbocycles. The third-order valence-electron chi connectivity index (χ3n) is 6.59. The topological polar surface area (TPSA) is 100 Å². The van der Waals surface area contributed by atoms with Crippen LogP contribution in [0.15, 0.2) is 53.7 Å². The summed E-state index contributed by atoms with van der Waals surface area (Å²) in [5.74, 6) is 0.879. The van der Waals surface area contributed by atoms with Crippen LogP contribution in [0.25, 0.3) is 0 Å². The van der Waals surface area contributed by atoms with Crippen LogP contribution in [-0.2, 0) is 9.59 Å². The van der Waals surface area contributed by atoms with Gasteiger partial charge in [0.2, 0.25) is 5.91 Å². The summed E-state index contributed by atoms with van der Waals surface area (Å²) in [6, 6.07) is 11.3. The van der Waals surface area contributed by atoms with E-state index < -0.39 is 6.04 Å². The van der Waals surface area contributed by atoms with E-state index in [1.807, 2.05) is 31.2 Å². The van der Waals surface area contributed by atoms with Gasteiger partial charge in [0, 0.05) is 29.6 Å². The number of benzene rings is 2. The summed E-state index contributed by atoms with van der Waals surface area (Å²) in [7, 11) is 0. The van der Waals surface area contributed by atoms with Crippen molar-refractivity contribution in [3.8, 4) is 11.5 Å². The van der Waals surface area contributed by atoms with E-state index in [9.17, 15) is 14.4 Å². The number of hydrogen-bond acceptors (Lipinski definition) is 5. The smallest absolute Gasteiger partial charge is 0.322 e. The van der Waals surface area contributed by atoms with Crippen molar-refractivity contribution in [3.05, 3.63) is 69.3 Å². The van der Waals surface area contributed by atoms with Crippen molar-refractivity contribution in [1.82, 2.24) is 20.4 Å². The minimum Gasteiger partial charge on any atom is -0.486 e. The van der Waals surface area contributed by atoms with Crippen molar-refractivity contribution in [3.63, 3.8) is 0 Å². The van der Waals surface area contributed by atoms with Gasteiger partial charge in [-0.2, -0.15) is 0 Å². The highest BCUT2D eigenvalue weighted by Gasteiger charge is 2.44. The summed E-state index contributed by atoms with van der Waals surface area (Å²) in [5, 5.41) is 6.57. The molecule has 0 radical (unpaired) electrons. The molecule has 194 valence electrons. The number of nitrogens with one attached hydrogen (secondary N) is 2. The number of urea groups is 1. The van der Waals surface area contributed by atoms with Gasteiger partial charge in [-0.15, -0.1) is 0 Å². The molecule has 2 aromatic rings. The average molecular weight is 545 g/mol. The molecule has 0 saturated carbocycles. The quantitative estimate of drug-likeness (QED) is 0.555. The minimum absolute atomic E-state index is 0.107. The van der Waals surface area contributed by atoms with E-state index >= 15 is 0 Å². The van der Waals surface area contributed by atoms with Gasteiger partial charge in [0.05, 0.1) is 30.4 Å². The highest BCUT2D eigenvalue weighted by atomic mass is 35.5. The van der Waals surface area contributed by atoms with Crippen LogP contribution in [0.3, 0.4) is 0 Å². The van der Waals surface area contributed by atoms with Crippen molar-refractivity contribution in [2.45, 2.75) is 25.5 Å². The van der Waals surface area contributed by atoms with Gasteiger partial charge in [-0.25, -0.2) is 4.79 Å². The lowest BCUT2D eigenvalue weighted by Crippen LogP contribution is -2.47. The predicted octanol–water partition coefficient (Wildman–Crippen LogP) is 3.52. The number of amides is 4. The zero-order chi connectivity index (χ0) is 26.1. The molecule has 5 rings (SSSR count). The average Bonchev–Trinajstić information content (AvgIpc) is 3.21. The van der Waals surface area contributed by atoms with E-state index in [-0.39, 0.29) is 50.0 Å². The van der Waals surface area contributed by atoms with Crippen LogP contribution in [0.5, 0.6) is 11.5 Å². The van der Waals surface area contributed by atoms with Gasteiger partial charge >= 0.3 is 6.03 Å². The van der Waals surface area contributed by atoms with Crippen LogP contribution in [0, 0.1) is 0 Å². The Labute approximate surface area is 224 Å². The first kappa shape index (κ1) is 25.2. The number of para-hydroxylation sites is 2. The maximum absolute atomic E-state index is 13.5. The predicted molar refractivity (Wildman–Crippen MR) is 138 cm³/mol. The molecule has 0 aromatic heterocycles. The number of hydrogen-bond donors (Lipinski definition) is 2. The molecule has 2 N–H and O–H groups in total. The zero-order valence-corrected chi connectivity index (χ0v) is 21.6. The van der Waals surface area contributed by atoms with Crippen molar-refractivity contribution in [2.24, 2.45) is 0 Å². The van der Waals surface area contributed by atoms with Gasteiger partial charge < -0.3 is 25.0 Å². The van der Waals surface area contributed by atoms with Crippen LogP contribution < -0.4 is 20.1 Å². The summed E-state index contributed by atoms with van der Waals surface area (Å²) in [6.45, 7) is 3.31. The van der Waals surface area contributed by atoms with E-state index in [1.54, 1.807) is 28.0 Å². The van der Waals surface area contributed by atoms with Crippen molar-refractivity contribution < 1.29 is 23.9 Å². The van der Waals surface area contributed by atoms with Crippen LogP contribution in [0.1, 0.15) is 24.9 Å². The van der Waals surface area contributed by atoms with Gasteiger partial charge in [0.1, 0.15) is 12.7 Å². The number of nitrogens with zero attached hydrogens (tertiary/aromatic N) is 2. The fourth-order valence-electron chi connectivity index (χ4n) is 4.75. The second-order valence-corrected chi connectivity index (χ2v) is 9.77. The maximum atomic E-state index is 13.5. The molecule has 9 nitrogen and oxygen atoms in total. The Hall–Kier alpha value is -3.43. The number of carbonyl (C=O) groups excluding carboxylic acids is 3. The van der Waals surface area contributed by atoms with E-state index in [4.69, 9.17) is 32.7 Å². The zero-order valence-electron chi connectivity index (χ0n) is 20.1. The molecule has 3 heterocycles. The van der Waals surface area contributed by atoms with Gasteiger partial charge in [-0.1, -0.05) is 41.4 Å². The van der Waals surface area contributed by atoms with Gasteiger partial charge in [0.25, 0.3) is 5.91 Å². The van der Waals surface area contributed by atoms with Crippen LogP contribution in [-0.4, -0.2) is 66.5 Å². The first-order valence-electron chi connectivity index (χ1n) is 12.1. The normalized spacial score (nSPS) is 20.6. The van der Waals surface area contributed by atoms with Crippen molar-refractivity contribution >= 4 is 41.0 Å². The summed E-state index contributed by atoms with van der Waals surface area (Å²) in [5.41, 5.74) is 1.67. The lowest BCUT2D eigenvalue weighted by molar-refractivity contribution is -0.127. The first-order valence-corrected chi connectivity index (χ1v) is 12.8. The molecular formula is C26H26Cl2N4O5. The van der Waals surface area contributed by atoms with E-state index in [0.717, 1.165) is 0 Å². The molecule has 0 saturated heterocycles. The molecule has 0 spiro atoms. The molecule has 0 unspecified atom stereocenters. The maximum Gasteiger partial charge on any atom is 0.322 e. The third-order valence-corrected chi connectivity index (χ3v) is 7.15. The van der Waals surface area contributed by atoms with E-state index in [0.29, 0.717) is 51.5 Å². The Morgan fingerprint density at radius 2 is 1.95 bits per heavy atom. The Balaban J connectivity index is 1.22. The van der Waals surface area contributed by atoms with Crippen molar-refractivity contribution in [1.29, 1.82) is 0 Å². The molecule has 0 fully saturated rings. The van der Waals surface area contributed by atoms with Crippen LogP contribution >= 0.6 is 23.2 Å². The highest BCUT2D eigenvalue weighted by molar-refractivity contribution is 6.35. The molecule has 4 amide bonds. The molecule has 2 atom stereocenters. The summed E-state index contributed by atoms with van der Waals surface area (Å²) in [4.78, 5) is 42.0.